The average molecular weight is 432 g/mol. The molecule has 1 aromatic heterocycles. The molecule has 2 saturated heterocycles. The molecule has 0 bridgehead atoms. The molecule has 0 N–H and O–H groups in total. The molecule has 0 saturated carbocycles. The van der Waals surface area contributed by atoms with Gasteiger partial charge >= 0.3 is 0 Å². The molecule has 3 aliphatic heterocycles. The minimum absolute atomic E-state index is 0.0896. The van der Waals surface area contributed by atoms with Gasteiger partial charge in [0.25, 0.3) is 5.91 Å². The summed E-state index contributed by atoms with van der Waals surface area (Å²) in [5, 5.41) is 0. The van der Waals surface area contributed by atoms with Crippen molar-refractivity contribution in [1.29, 1.82) is 0 Å². The third-order valence-corrected chi connectivity index (χ3v) is 6.55. The zero-order valence-electron chi connectivity index (χ0n) is 18.8. The molecule has 0 aliphatic carbocycles. The van der Waals surface area contributed by atoms with Gasteiger partial charge in [-0.1, -0.05) is 36.4 Å². The monoisotopic (exact) mass is 431 g/mol. The first-order valence-corrected chi connectivity index (χ1v) is 11.3. The summed E-state index contributed by atoms with van der Waals surface area (Å²) in [6.45, 7) is 7.76. The Morgan fingerprint density at radius 1 is 1.03 bits per heavy atom. The fourth-order valence-electron chi connectivity index (χ4n) is 4.90. The number of rotatable bonds is 4. The van der Waals surface area contributed by atoms with Crippen molar-refractivity contribution in [1.82, 2.24) is 14.9 Å². The van der Waals surface area contributed by atoms with Gasteiger partial charge in [-0.15, -0.1) is 0 Å². The molecular weight excluding hydrogens is 402 g/mol. The first-order chi connectivity index (χ1) is 15.5. The molecule has 0 atom stereocenters. The number of morpholine rings is 1. The molecule has 2 aromatic rings. The summed E-state index contributed by atoms with van der Waals surface area (Å²) in [6.07, 6.45) is 3.44. The Hall–Kier alpha value is -3.06. The summed E-state index contributed by atoms with van der Waals surface area (Å²) >= 11 is 0. The van der Waals surface area contributed by atoms with Crippen LogP contribution in [0.4, 0.5) is 5.95 Å². The number of carbonyl (C=O) groups excluding carboxylic acids is 1. The van der Waals surface area contributed by atoms with Gasteiger partial charge in [-0.2, -0.15) is 0 Å². The van der Waals surface area contributed by atoms with Crippen LogP contribution in [0.5, 0.6) is 0 Å². The maximum Gasteiger partial charge on any atom is 0.255 e. The van der Waals surface area contributed by atoms with E-state index in [2.05, 4.69) is 38.1 Å². The molecule has 1 aromatic carbocycles. The highest BCUT2D eigenvalue weighted by Crippen LogP contribution is 2.33. The van der Waals surface area contributed by atoms with Crippen LogP contribution in [0, 0.1) is 13.8 Å². The molecule has 3 aliphatic rings. The summed E-state index contributed by atoms with van der Waals surface area (Å²) in [5.41, 5.74) is 4.46. The average Bonchev–Trinajstić information content (AvgIpc) is 3.26. The number of hydrogen-bond acceptors (Lipinski definition) is 6. The van der Waals surface area contributed by atoms with Crippen LogP contribution in [-0.4, -0.2) is 71.4 Å². The normalized spacial score (nSPS) is 20.5. The van der Waals surface area contributed by atoms with Crippen molar-refractivity contribution in [2.75, 3.05) is 44.2 Å². The van der Waals surface area contributed by atoms with Crippen LogP contribution in [0.25, 0.3) is 5.57 Å². The molecule has 7 nitrogen and oxygen atoms in total. The zero-order chi connectivity index (χ0) is 22.1. The lowest BCUT2D eigenvalue weighted by Crippen LogP contribution is -2.61. The highest BCUT2D eigenvalue weighted by molar-refractivity contribution is 6.26. The van der Waals surface area contributed by atoms with Gasteiger partial charge < -0.3 is 14.5 Å². The fraction of sp³-hybridized carbons (Fsp3) is 0.440. The van der Waals surface area contributed by atoms with Crippen molar-refractivity contribution in [3.8, 4) is 0 Å². The van der Waals surface area contributed by atoms with Gasteiger partial charge in [0, 0.05) is 49.4 Å². The molecule has 0 radical (unpaired) electrons. The standard InChI is InChI=1S/C25H29N5O2/c1-18-16-19(2)28-24(27-18)29-12-9-25(10-13-29)23(31)30(14-15-32-25)17-22-21(8-11-26-22)20-6-4-3-5-7-20/h3-8,16H,9-15,17H2,1-2H3. The van der Waals surface area contributed by atoms with Crippen molar-refractivity contribution in [2.45, 2.75) is 32.3 Å². The third kappa shape index (κ3) is 3.93. The highest BCUT2D eigenvalue weighted by Gasteiger charge is 2.47. The summed E-state index contributed by atoms with van der Waals surface area (Å²) in [5.74, 6) is 0.835. The van der Waals surface area contributed by atoms with Gasteiger partial charge in [0.2, 0.25) is 5.95 Å². The van der Waals surface area contributed by atoms with Gasteiger partial charge in [-0.05, 0) is 25.5 Å². The molecule has 7 heteroatoms. The Labute approximate surface area is 188 Å². The van der Waals surface area contributed by atoms with E-state index in [9.17, 15) is 4.79 Å². The number of amides is 1. The maximum atomic E-state index is 13.6. The van der Waals surface area contributed by atoms with Gasteiger partial charge in [0.15, 0.2) is 0 Å². The topological polar surface area (TPSA) is 70.9 Å². The van der Waals surface area contributed by atoms with E-state index in [0.717, 1.165) is 34.2 Å². The Bertz CT molecular complexity index is 1050. The third-order valence-electron chi connectivity index (χ3n) is 6.55. The van der Waals surface area contributed by atoms with E-state index in [1.807, 2.05) is 43.0 Å². The van der Waals surface area contributed by atoms with Gasteiger partial charge in [0.1, 0.15) is 5.60 Å². The molecule has 1 amide bonds. The van der Waals surface area contributed by atoms with E-state index in [4.69, 9.17) is 4.74 Å². The number of nitrogens with zero attached hydrogens (tertiary/aromatic N) is 5. The second-order valence-electron chi connectivity index (χ2n) is 8.78. The van der Waals surface area contributed by atoms with Gasteiger partial charge in [-0.3, -0.25) is 9.79 Å². The van der Waals surface area contributed by atoms with Crippen molar-refractivity contribution in [3.63, 3.8) is 0 Å². The number of benzene rings is 1. The lowest BCUT2D eigenvalue weighted by molar-refractivity contribution is -0.174. The SMILES string of the molecule is Cc1cc(C)nc(N2CCC3(CC2)OCCN(CC2=NCC=C2c2ccccc2)C3=O)n1. The zero-order valence-corrected chi connectivity index (χ0v) is 18.8. The number of anilines is 1. The number of aromatic nitrogens is 2. The van der Waals surface area contributed by atoms with Crippen molar-refractivity contribution in [3.05, 3.63) is 59.4 Å². The van der Waals surface area contributed by atoms with E-state index in [1.165, 1.54) is 0 Å². The van der Waals surface area contributed by atoms with Crippen molar-refractivity contribution in [2.24, 2.45) is 4.99 Å². The minimum atomic E-state index is -0.747. The first-order valence-electron chi connectivity index (χ1n) is 11.3. The Morgan fingerprint density at radius 2 is 1.75 bits per heavy atom. The second kappa shape index (κ2) is 8.47. The largest absolute Gasteiger partial charge is 0.363 e. The Kier molecular flexibility index (Phi) is 5.51. The molecule has 1 spiro atoms. The molecule has 0 unspecified atom stereocenters. The van der Waals surface area contributed by atoms with Crippen LogP contribution < -0.4 is 4.90 Å². The molecule has 2 fully saturated rings. The van der Waals surface area contributed by atoms with Crippen LogP contribution in [0.1, 0.15) is 29.8 Å². The quantitative estimate of drug-likeness (QED) is 0.745. The van der Waals surface area contributed by atoms with Crippen LogP contribution >= 0.6 is 0 Å². The predicted octanol–water partition coefficient (Wildman–Crippen LogP) is 2.83. The van der Waals surface area contributed by atoms with Crippen molar-refractivity contribution < 1.29 is 9.53 Å². The van der Waals surface area contributed by atoms with Crippen LogP contribution in [0.3, 0.4) is 0 Å². The van der Waals surface area contributed by atoms with Crippen LogP contribution in [0.2, 0.25) is 0 Å². The van der Waals surface area contributed by atoms with Gasteiger partial charge in [-0.25, -0.2) is 9.97 Å². The molecule has 32 heavy (non-hydrogen) atoms. The molecule has 5 rings (SSSR count). The van der Waals surface area contributed by atoms with E-state index in [1.54, 1.807) is 0 Å². The Morgan fingerprint density at radius 3 is 2.47 bits per heavy atom. The first kappa shape index (κ1) is 20.8. The molecule has 166 valence electrons. The van der Waals surface area contributed by atoms with E-state index >= 15 is 0 Å². The second-order valence-corrected chi connectivity index (χ2v) is 8.78. The van der Waals surface area contributed by atoms with Crippen LogP contribution in [-0.2, 0) is 9.53 Å². The summed E-state index contributed by atoms with van der Waals surface area (Å²) < 4.78 is 6.14. The highest BCUT2D eigenvalue weighted by atomic mass is 16.5. The Balaban J connectivity index is 1.27. The molecular formula is C25H29N5O2. The number of aliphatic imine (C=N–C) groups is 1. The molecule has 4 heterocycles. The smallest absolute Gasteiger partial charge is 0.255 e. The summed E-state index contributed by atoms with van der Waals surface area (Å²) in [4.78, 5) is 31.5. The van der Waals surface area contributed by atoms with Crippen molar-refractivity contribution >= 4 is 23.1 Å². The van der Waals surface area contributed by atoms with Crippen LogP contribution in [0.15, 0.2) is 47.5 Å². The maximum absolute atomic E-state index is 13.6. The fourth-order valence-corrected chi connectivity index (χ4v) is 4.90. The predicted molar refractivity (Wildman–Crippen MR) is 125 cm³/mol. The lowest BCUT2D eigenvalue weighted by atomic mass is 9.88. The number of aryl methyl sites for hydroxylation is 2. The minimum Gasteiger partial charge on any atom is -0.363 e. The van der Waals surface area contributed by atoms with E-state index < -0.39 is 5.60 Å². The number of piperidine rings is 1. The lowest BCUT2D eigenvalue weighted by Gasteiger charge is -2.46. The number of ether oxygens (including phenoxy) is 1. The number of carbonyl (C=O) groups is 1. The van der Waals surface area contributed by atoms with E-state index in [-0.39, 0.29) is 5.91 Å². The number of hydrogen-bond donors (Lipinski definition) is 0. The summed E-state index contributed by atoms with van der Waals surface area (Å²) in [6, 6.07) is 12.3. The van der Waals surface area contributed by atoms with Gasteiger partial charge in [0.05, 0.1) is 25.4 Å². The summed E-state index contributed by atoms with van der Waals surface area (Å²) in [7, 11) is 0. The van der Waals surface area contributed by atoms with E-state index in [0.29, 0.717) is 52.2 Å².